The van der Waals surface area contributed by atoms with Crippen LogP contribution in [0.4, 0.5) is 0 Å². The average Bonchev–Trinajstić information content (AvgIpc) is 1.91. The van der Waals surface area contributed by atoms with Gasteiger partial charge in [0.2, 0.25) is 0 Å². The summed E-state index contributed by atoms with van der Waals surface area (Å²) in [4.78, 5) is 3.75. The Kier molecular flexibility index (Phi) is 4.59. The lowest BCUT2D eigenvalue weighted by atomic mass is 10.6. The van der Waals surface area contributed by atoms with Gasteiger partial charge in [0.15, 0.2) is 0 Å². The van der Waals surface area contributed by atoms with E-state index in [1.54, 1.807) is 13.4 Å². The van der Waals surface area contributed by atoms with Gasteiger partial charge in [-0.3, -0.25) is 4.99 Å². The first-order valence-corrected chi connectivity index (χ1v) is 2.86. The predicted octanol–water partition coefficient (Wildman–Crippen LogP) is 0.315. The minimum Gasteiger partial charge on any atom is -0.375 e. The molecule has 3 heteroatoms. The van der Waals surface area contributed by atoms with Crippen LogP contribution in [-0.2, 0) is 0 Å². The highest BCUT2D eigenvalue weighted by molar-refractivity contribution is 5.56. The van der Waals surface area contributed by atoms with E-state index in [9.17, 15) is 0 Å². The average molecular weight is 127 g/mol. The lowest BCUT2D eigenvalue weighted by molar-refractivity contribution is 0.899. The van der Waals surface area contributed by atoms with Gasteiger partial charge in [-0.05, 0) is 13.0 Å². The van der Waals surface area contributed by atoms with Crippen LogP contribution in [0.1, 0.15) is 6.92 Å². The normalized spacial score (nSPS) is 12.1. The Morgan fingerprint density at radius 2 is 2.22 bits per heavy atom. The van der Waals surface area contributed by atoms with Crippen LogP contribution in [0.2, 0.25) is 0 Å². The van der Waals surface area contributed by atoms with Gasteiger partial charge in [0.05, 0.1) is 12.2 Å². The third-order valence-corrected chi connectivity index (χ3v) is 0.907. The molecule has 0 saturated carbocycles. The number of hydrogen-bond acceptors (Lipinski definition) is 2. The van der Waals surface area contributed by atoms with E-state index in [0.717, 1.165) is 5.82 Å². The van der Waals surface area contributed by atoms with Crippen LogP contribution < -0.4 is 10.6 Å². The van der Waals surface area contributed by atoms with Gasteiger partial charge in [0, 0.05) is 14.1 Å². The quantitative estimate of drug-likeness (QED) is 0.423. The largest absolute Gasteiger partial charge is 0.375 e. The molecule has 0 amide bonds. The second kappa shape index (κ2) is 5.15. The van der Waals surface area contributed by atoms with Crippen molar-refractivity contribution in [1.29, 1.82) is 0 Å². The van der Waals surface area contributed by atoms with Crippen LogP contribution >= 0.6 is 0 Å². The molecule has 0 heterocycles. The van der Waals surface area contributed by atoms with Crippen molar-refractivity contribution < 1.29 is 0 Å². The summed E-state index contributed by atoms with van der Waals surface area (Å²) in [6, 6.07) is 0. The summed E-state index contributed by atoms with van der Waals surface area (Å²) < 4.78 is 0. The van der Waals surface area contributed by atoms with Gasteiger partial charge in [-0.2, -0.15) is 0 Å². The van der Waals surface area contributed by atoms with Crippen molar-refractivity contribution in [3.8, 4) is 0 Å². The second-order valence-electron chi connectivity index (χ2n) is 1.48. The molecule has 0 aromatic heterocycles. The van der Waals surface area contributed by atoms with Crippen molar-refractivity contribution in [2.45, 2.75) is 6.92 Å². The topological polar surface area (TPSA) is 36.4 Å². The molecule has 3 nitrogen and oxygen atoms in total. The van der Waals surface area contributed by atoms with Crippen LogP contribution in [0.15, 0.2) is 16.9 Å². The molecule has 0 aromatic carbocycles. The molecule has 0 bridgehead atoms. The minimum atomic E-state index is 0.959. The van der Waals surface area contributed by atoms with E-state index >= 15 is 0 Å². The molecule has 0 aliphatic rings. The molecule has 0 aliphatic carbocycles. The third kappa shape index (κ3) is 3.58. The number of nitrogens with zero attached hydrogens (tertiary/aromatic N) is 1. The van der Waals surface area contributed by atoms with Crippen LogP contribution in [0.3, 0.4) is 0 Å². The Hall–Kier alpha value is -0.990. The van der Waals surface area contributed by atoms with E-state index in [-0.39, 0.29) is 0 Å². The summed E-state index contributed by atoms with van der Waals surface area (Å²) in [5.74, 6) is 0.959. The molecule has 0 atom stereocenters. The highest BCUT2D eigenvalue weighted by Crippen LogP contribution is 1.75. The van der Waals surface area contributed by atoms with Crippen molar-refractivity contribution in [1.82, 2.24) is 10.6 Å². The predicted molar refractivity (Wildman–Crippen MR) is 40.4 cm³/mol. The minimum absolute atomic E-state index is 0.959. The first kappa shape index (κ1) is 8.01. The number of allylic oxidation sites excluding steroid dienone is 1. The fourth-order valence-corrected chi connectivity index (χ4v) is 0.434. The van der Waals surface area contributed by atoms with Crippen LogP contribution in [0, 0.1) is 0 Å². The highest BCUT2D eigenvalue weighted by Gasteiger charge is 1.81. The standard InChI is InChI=1S/C6H13N3/c1-4-6(8-3)9-5-7-2/h4-5,8H,1-3H3,(H,7,9)/b6-4-. The van der Waals surface area contributed by atoms with Gasteiger partial charge in [-0.15, -0.1) is 0 Å². The summed E-state index contributed by atoms with van der Waals surface area (Å²) in [6.07, 6.45) is 3.56. The van der Waals surface area contributed by atoms with E-state index in [1.807, 2.05) is 20.0 Å². The SMILES string of the molecule is C/C=C(/NC)NC=NC. The van der Waals surface area contributed by atoms with Crippen LogP contribution in [-0.4, -0.2) is 20.4 Å². The molecule has 9 heavy (non-hydrogen) atoms. The molecular formula is C6H13N3. The molecule has 52 valence electrons. The van der Waals surface area contributed by atoms with Gasteiger partial charge in [-0.25, -0.2) is 0 Å². The summed E-state index contributed by atoms with van der Waals surface area (Å²) in [6.45, 7) is 1.95. The molecule has 0 aliphatic heterocycles. The van der Waals surface area contributed by atoms with Gasteiger partial charge in [-0.1, -0.05) is 0 Å². The fourth-order valence-electron chi connectivity index (χ4n) is 0.434. The van der Waals surface area contributed by atoms with Crippen molar-refractivity contribution in [2.24, 2.45) is 4.99 Å². The fraction of sp³-hybridized carbons (Fsp3) is 0.500. The molecule has 0 saturated heterocycles. The van der Waals surface area contributed by atoms with E-state index in [0.29, 0.717) is 0 Å². The Morgan fingerprint density at radius 1 is 1.56 bits per heavy atom. The molecule has 0 fully saturated rings. The molecule has 0 rings (SSSR count). The van der Waals surface area contributed by atoms with E-state index in [1.165, 1.54) is 0 Å². The smallest absolute Gasteiger partial charge is 0.0991 e. The third-order valence-electron chi connectivity index (χ3n) is 0.907. The van der Waals surface area contributed by atoms with Gasteiger partial charge >= 0.3 is 0 Å². The van der Waals surface area contributed by atoms with E-state index in [4.69, 9.17) is 0 Å². The Morgan fingerprint density at radius 3 is 2.56 bits per heavy atom. The molecule has 0 radical (unpaired) electrons. The Balaban J connectivity index is 3.58. The van der Waals surface area contributed by atoms with Crippen molar-refractivity contribution in [2.75, 3.05) is 14.1 Å². The summed E-state index contributed by atoms with van der Waals surface area (Å²) in [5.41, 5.74) is 0. The van der Waals surface area contributed by atoms with Gasteiger partial charge < -0.3 is 10.6 Å². The summed E-state index contributed by atoms with van der Waals surface area (Å²) >= 11 is 0. The summed E-state index contributed by atoms with van der Waals surface area (Å²) in [5, 5.41) is 5.87. The first-order chi connectivity index (χ1) is 4.35. The second-order valence-corrected chi connectivity index (χ2v) is 1.48. The Labute approximate surface area is 55.9 Å². The Bertz CT molecular complexity index is 115. The maximum absolute atomic E-state index is 3.75. The lowest BCUT2D eigenvalue weighted by Crippen LogP contribution is -2.21. The zero-order chi connectivity index (χ0) is 7.11. The van der Waals surface area contributed by atoms with Crippen LogP contribution in [0.5, 0.6) is 0 Å². The van der Waals surface area contributed by atoms with E-state index < -0.39 is 0 Å². The summed E-state index contributed by atoms with van der Waals surface area (Å²) in [7, 11) is 3.57. The molecule has 0 aromatic rings. The lowest BCUT2D eigenvalue weighted by Gasteiger charge is -2.02. The molecular weight excluding hydrogens is 114 g/mol. The maximum Gasteiger partial charge on any atom is 0.0991 e. The monoisotopic (exact) mass is 127 g/mol. The van der Waals surface area contributed by atoms with E-state index in [2.05, 4.69) is 15.6 Å². The molecule has 2 N–H and O–H groups in total. The zero-order valence-corrected chi connectivity index (χ0v) is 6.10. The van der Waals surface area contributed by atoms with Crippen molar-refractivity contribution in [3.05, 3.63) is 11.9 Å². The number of nitrogens with one attached hydrogen (secondary N) is 2. The van der Waals surface area contributed by atoms with Crippen molar-refractivity contribution >= 4 is 6.34 Å². The van der Waals surface area contributed by atoms with Gasteiger partial charge in [0.25, 0.3) is 0 Å². The highest BCUT2D eigenvalue weighted by atomic mass is 15.1. The zero-order valence-electron chi connectivity index (χ0n) is 6.10. The van der Waals surface area contributed by atoms with Gasteiger partial charge in [0.1, 0.15) is 0 Å². The van der Waals surface area contributed by atoms with Crippen molar-refractivity contribution in [3.63, 3.8) is 0 Å². The first-order valence-electron chi connectivity index (χ1n) is 2.86. The number of hydrogen-bond donors (Lipinski definition) is 2. The molecule has 0 spiro atoms. The molecule has 0 unspecified atom stereocenters. The van der Waals surface area contributed by atoms with Crippen LogP contribution in [0.25, 0.3) is 0 Å². The number of aliphatic imine (C=N–C) groups is 1. The maximum atomic E-state index is 3.75. The number of rotatable bonds is 3.